The van der Waals surface area contributed by atoms with E-state index in [1.165, 1.54) is 0 Å². The van der Waals surface area contributed by atoms with E-state index in [0.717, 1.165) is 24.3 Å². The lowest BCUT2D eigenvalue weighted by molar-refractivity contribution is -0.142. The van der Waals surface area contributed by atoms with E-state index < -0.39 is 47.1 Å². The van der Waals surface area contributed by atoms with Gasteiger partial charge in [-0.25, -0.2) is 18.0 Å². The number of benzene rings is 2. The summed E-state index contributed by atoms with van der Waals surface area (Å²) in [6.45, 7) is 6.86. The predicted molar refractivity (Wildman–Crippen MR) is 77.8 cm³/mol. The van der Waals surface area contributed by atoms with Crippen molar-refractivity contribution in [3.8, 4) is 11.5 Å². The van der Waals surface area contributed by atoms with Crippen molar-refractivity contribution in [1.29, 1.82) is 0 Å². The number of fused-ring (bicyclic) bond motifs is 1. The summed E-state index contributed by atoms with van der Waals surface area (Å²) < 4.78 is 85.7. The Hall–Kier alpha value is -2.73. The van der Waals surface area contributed by atoms with Crippen molar-refractivity contribution >= 4 is 5.69 Å². The monoisotopic (exact) mass is 373 g/mol. The molecule has 9 heteroatoms. The van der Waals surface area contributed by atoms with Crippen LogP contribution in [0.2, 0.25) is 0 Å². The highest BCUT2D eigenvalue weighted by atomic mass is 19.4. The normalized spacial score (nSPS) is 18.3. The molecule has 136 valence electrons. The predicted octanol–water partition coefficient (Wildman–Crippen LogP) is 5.41. The molecule has 1 N–H and O–H groups in total. The summed E-state index contributed by atoms with van der Waals surface area (Å²) in [5.41, 5.74) is -2.98. The fourth-order valence-corrected chi connectivity index (χ4v) is 2.82. The van der Waals surface area contributed by atoms with E-state index in [1.807, 2.05) is 0 Å². The summed E-state index contributed by atoms with van der Waals surface area (Å²) in [6.07, 6.45) is -8.74. The number of hydrogen-bond acceptors (Lipinski definition) is 2. The molecule has 0 heterocycles. The number of rotatable bonds is 2. The highest BCUT2D eigenvalue weighted by molar-refractivity contribution is 5.55. The lowest BCUT2D eigenvalue weighted by Gasteiger charge is -2.18. The summed E-state index contributed by atoms with van der Waals surface area (Å²) in [4.78, 5) is 3.01. The molecule has 0 saturated heterocycles. The van der Waals surface area contributed by atoms with Crippen molar-refractivity contribution in [2.24, 2.45) is 0 Å². The van der Waals surface area contributed by atoms with E-state index in [-0.39, 0.29) is 17.2 Å². The van der Waals surface area contributed by atoms with Crippen molar-refractivity contribution in [1.82, 2.24) is 0 Å². The number of aliphatic hydroxyl groups is 1. The van der Waals surface area contributed by atoms with Crippen molar-refractivity contribution in [3.05, 3.63) is 64.3 Å². The lowest BCUT2D eigenvalue weighted by atomic mass is 10.0. The third kappa shape index (κ3) is 3.08. The first-order valence-electron chi connectivity index (χ1n) is 7.17. The second kappa shape index (κ2) is 5.92. The minimum Gasteiger partial charge on any atom is -0.458 e. The minimum absolute atomic E-state index is 0.131. The van der Waals surface area contributed by atoms with Crippen LogP contribution in [0, 0.1) is 12.4 Å². The molecule has 1 atom stereocenters. The van der Waals surface area contributed by atoms with Gasteiger partial charge in [0.2, 0.25) is 0 Å². The summed E-state index contributed by atoms with van der Waals surface area (Å²) in [5, 5.41) is 9.66. The van der Waals surface area contributed by atoms with Gasteiger partial charge in [0.15, 0.2) is 5.69 Å². The molecule has 2 aromatic carbocycles. The Bertz CT molecular complexity index is 917. The summed E-state index contributed by atoms with van der Waals surface area (Å²) in [6, 6.07) is 4.24. The van der Waals surface area contributed by atoms with Crippen LogP contribution in [0.4, 0.5) is 32.0 Å². The average molecular weight is 373 g/mol. The zero-order valence-corrected chi connectivity index (χ0v) is 12.7. The average Bonchev–Trinajstić information content (AvgIpc) is 2.77. The maximum absolute atomic E-state index is 13.8. The quantitative estimate of drug-likeness (QED) is 0.564. The summed E-state index contributed by atoms with van der Waals surface area (Å²) in [7, 11) is 0. The molecule has 3 nitrogen and oxygen atoms in total. The van der Waals surface area contributed by atoms with Crippen LogP contribution in [-0.2, 0) is 12.6 Å². The van der Waals surface area contributed by atoms with Crippen LogP contribution < -0.4 is 4.74 Å². The van der Waals surface area contributed by atoms with Gasteiger partial charge in [0.05, 0.1) is 12.1 Å². The maximum atomic E-state index is 13.8. The van der Waals surface area contributed by atoms with Crippen molar-refractivity contribution in [2.75, 3.05) is 0 Å². The number of nitrogens with zero attached hydrogens (tertiary/aromatic N) is 1. The SMILES string of the molecule is [C-]#[N+]c1cc(F)cc(Oc2ccc(C(F)(F)F)c3c2CC(F)(F)[C@H]3O)c1. The maximum Gasteiger partial charge on any atom is 0.416 e. The first kappa shape index (κ1) is 18.1. The molecule has 0 bridgehead atoms. The van der Waals surface area contributed by atoms with Crippen LogP contribution in [0.15, 0.2) is 30.3 Å². The zero-order valence-electron chi connectivity index (χ0n) is 12.7. The number of alkyl halides is 5. The van der Waals surface area contributed by atoms with Gasteiger partial charge in [-0.3, -0.25) is 0 Å². The largest absolute Gasteiger partial charge is 0.458 e. The van der Waals surface area contributed by atoms with Crippen LogP contribution in [0.5, 0.6) is 11.5 Å². The molecular formula is C17H9F6NO2. The Kier molecular flexibility index (Phi) is 4.11. The van der Waals surface area contributed by atoms with E-state index >= 15 is 0 Å². The zero-order chi connectivity index (χ0) is 19.3. The highest BCUT2D eigenvalue weighted by Gasteiger charge is 2.52. The molecule has 1 aliphatic rings. The number of halogens is 6. The van der Waals surface area contributed by atoms with E-state index in [9.17, 15) is 31.4 Å². The molecule has 2 aromatic rings. The molecule has 0 unspecified atom stereocenters. The van der Waals surface area contributed by atoms with Crippen LogP contribution in [-0.4, -0.2) is 11.0 Å². The topological polar surface area (TPSA) is 33.8 Å². The van der Waals surface area contributed by atoms with Gasteiger partial charge in [0.25, 0.3) is 5.92 Å². The molecule has 26 heavy (non-hydrogen) atoms. The third-order valence-electron chi connectivity index (χ3n) is 3.92. The molecule has 3 rings (SSSR count). The van der Waals surface area contributed by atoms with E-state index in [0.29, 0.717) is 6.07 Å². The Balaban J connectivity index is 2.12. The van der Waals surface area contributed by atoms with E-state index in [1.54, 1.807) is 0 Å². The minimum atomic E-state index is -4.94. The van der Waals surface area contributed by atoms with Gasteiger partial charge < -0.3 is 9.84 Å². The summed E-state index contributed by atoms with van der Waals surface area (Å²) >= 11 is 0. The third-order valence-corrected chi connectivity index (χ3v) is 3.92. The Labute approximate surface area is 143 Å². The van der Waals surface area contributed by atoms with Gasteiger partial charge in [-0.2, -0.15) is 13.2 Å². The van der Waals surface area contributed by atoms with Gasteiger partial charge in [-0.1, -0.05) is 0 Å². The lowest BCUT2D eigenvalue weighted by Crippen LogP contribution is -2.23. The smallest absolute Gasteiger partial charge is 0.416 e. The van der Waals surface area contributed by atoms with Gasteiger partial charge >= 0.3 is 6.18 Å². The highest BCUT2D eigenvalue weighted by Crippen LogP contribution is 2.51. The van der Waals surface area contributed by atoms with Gasteiger partial charge in [0.1, 0.15) is 23.4 Å². The van der Waals surface area contributed by atoms with Crippen molar-refractivity contribution < 1.29 is 36.2 Å². The number of aliphatic hydroxyl groups excluding tert-OH is 1. The van der Waals surface area contributed by atoms with Crippen LogP contribution in [0.3, 0.4) is 0 Å². The van der Waals surface area contributed by atoms with Gasteiger partial charge in [0, 0.05) is 23.6 Å². The van der Waals surface area contributed by atoms with Crippen molar-refractivity contribution in [3.63, 3.8) is 0 Å². The summed E-state index contributed by atoms with van der Waals surface area (Å²) in [5.74, 6) is -5.23. The fourth-order valence-electron chi connectivity index (χ4n) is 2.82. The van der Waals surface area contributed by atoms with E-state index in [2.05, 4.69) is 4.85 Å². The molecule has 0 saturated carbocycles. The molecule has 1 aliphatic carbocycles. The Morgan fingerprint density at radius 3 is 2.50 bits per heavy atom. The number of hydrogen-bond donors (Lipinski definition) is 1. The van der Waals surface area contributed by atoms with Gasteiger partial charge in [-0.05, 0) is 24.3 Å². The fraction of sp³-hybridized carbons (Fsp3) is 0.235. The van der Waals surface area contributed by atoms with Crippen LogP contribution in [0.1, 0.15) is 22.8 Å². The van der Waals surface area contributed by atoms with Crippen LogP contribution >= 0.6 is 0 Å². The molecule has 0 aromatic heterocycles. The molecular weight excluding hydrogens is 364 g/mol. The van der Waals surface area contributed by atoms with Crippen molar-refractivity contribution in [2.45, 2.75) is 24.6 Å². The molecule has 0 spiro atoms. The Morgan fingerprint density at radius 1 is 1.19 bits per heavy atom. The molecule has 0 amide bonds. The second-order valence-corrected chi connectivity index (χ2v) is 5.70. The first-order valence-corrected chi connectivity index (χ1v) is 7.17. The second-order valence-electron chi connectivity index (χ2n) is 5.70. The first-order chi connectivity index (χ1) is 12.0. The standard InChI is InChI=1S/C17H9F6NO2/c1-24-9-4-8(18)5-10(6-9)26-13-3-2-12(17(21,22)23)14-11(13)7-16(19,20)15(14)25/h2-6,15,25H,7H2/t15-/m0/s1. The van der Waals surface area contributed by atoms with Crippen LogP contribution in [0.25, 0.3) is 4.85 Å². The number of ether oxygens (including phenoxy) is 1. The van der Waals surface area contributed by atoms with Gasteiger partial charge in [-0.15, -0.1) is 0 Å². The van der Waals surface area contributed by atoms with E-state index in [4.69, 9.17) is 11.3 Å². The molecule has 0 fully saturated rings. The Morgan fingerprint density at radius 2 is 1.88 bits per heavy atom. The molecule has 0 radical (unpaired) electrons. The molecule has 0 aliphatic heterocycles.